The average molecular weight is 256 g/mol. The van der Waals surface area contributed by atoms with Crippen LogP contribution in [0.5, 0.6) is 0 Å². The summed E-state index contributed by atoms with van der Waals surface area (Å²) < 4.78 is 1.24. The van der Waals surface area contributed by atoms with Crippen LogP contribution in [-0.2, 0) is 10.4 Å². The lowest BCUT2D eigenvalue weighted by Gasteiger charge is -2.14. The molecule has 10 heteroatoms. The fourth-order valence-corrected chi connectivity index (χ4v) is 0.924. The molecule has 0 bridgehead atoms. The van der Waals surface area contributed by atoms with Crippen molar-refractivity contribution in [2.75, 3.05) is 7.05 Å². The van der Waals surface area contributed by atoms with E-state index in [2.05, 4.69) is 25.4 Å². The van der Waals surface area contributed by atoms with E-state index in [0.717, 1.165) is 0 Å². The molecule has 98 valence electrons. The molecule has 0 fully saturated rings. The topological polar surface area (TPSA) is 125 Å². The molecule has 0 aromatic carbocycles. The summed E-state index contributed by atoms with van der Waals surface area (Å²) in [4.78, 5) is 28.4. The third kappa shape index (κ3) is 3.23. The summed E-state index contributed by atoms with van der Waals surface area (Å²) >= 11 is 0. The molecule has 0 aliphatic rings. The molecule has 1 rings (SSSR count). The number of nitro groups is 1. The summed E-state index contributed by atoms with van der Waals surface area (Å²) in [7, 11) is 1.39. The van der Waals surface area contributed by atoms with Crippen LogP contribution in [0.4, 0.5) is 10.7 Å². The number of rotatable bonds is 4. The summed E-state index contributed by atoms with van der Waals surface area (Å²) in [6.07, 6.45) is 1.76. The van der Waals surface area contributed by atoms with Crippen LogP contribution in [0.3, 0.4) is 0 Å². The Hall–Kier alpha value is -2.52. The molecule has 1 heterocycles. The number of amides is 1. The van der Waals surface area contributed by atoms with Crippen molar-refractivity contribution in [3.63, 3.8) is 0 Å². The van der Waals surface area contributed by atoms with Gasteiger partial charge >= 0.3 is 12.0 Å². The Bertz CT molecular complexity index is 480. The minimum absolute atomic E-state index is 0.510. The zero-order valence-electron chi connectivity index (χ0n) is 10.0. The second kappa shape index (κ2) is 5.21. The van der Waals surface area contributed by atoms with Gasteiger partial charge in [0, 0.05) is 12.1 Å². The van der Waals surface area contributed by atoms with Gasteiger partial charge in [0.1, 0.15) is 5.54 Å². The van der Waals surface area contributed by atoms with Crippen LogP contribution in [0.15, 0.2) is 11.5 Å². The molecule has 0 atom stereocenters. The molecule has 18 heavy (non-hydrogen) atoms. The van der Waals surface area contributed by atoms with Gasteiger partial charge in [-0.15, -0.1) is 0 Å². The quantitative estimate of drug-likeness (QED) is 0.356. The number of hydrogen-bond donors (Lipinski definition) is 1. The van der Waals surface area contributed by atoms with E-state index in [1.54, 1.807) is 13.8 Å². The van der Waals surface area contributed by atoms with E-state index >= 15 is 0 Å². The number of nitrogens with one attached hydrogen (secondary N) is 1. The Morgan fingerprint density at radius 3 is 2.89 bits per heavy atom. The van der Waals surface area contributed by atoms with E-state index < -0.39 is 22.5 Å². The molecule has 0 spiro atoms. The van der Waals surface area contributed by atoms with Gasteiger partial charge in [-0.05, 0) is 18.8 Å². The zero-order valence-corrected chi connectivity index (χ0v) is 10.0. The number of hydrogen-bond acceptors (Lipinski definition) is 7. The molecule has 0 saturated carbocycles. The Balaban J connectivity index is 2.78. The highest BCUT2D eigenvalue weighted by Gasteiger charge is 2.26. The van der Waals surface area contributed by atoms with E-state index in [1.165, 1.54) is 24.3 Å². The van der Waals surface area contributed by atoms with E-state index in [1.807, 2.05) is 0 Å². The van der Waals surface area contributed by atoms with Crippen LogP contribution < -0.4 is 5.32 Å². The second-order valence-electron chi connectivity index (χ2n) is 3.76. The van der Waals surface area contributed by atoms with Crippen molar-refractivity contribution < 1.29 is 14.6 Å². The first-order valence-corrected chi connectivity index (χ1v) is 4.86. The van der Waals surface area contributed by atoms with Crippen LogP contribution in [-0.4, -0.2) is 39.0 Å². The van der Waals surface area contributed by atoms with Crippen LogP contribution >= 0.6 is 0 Å². The lowest BCUT2D eigenvalue weighted by Crippen LogP contribution is -2.29. The average Bonchev–Trinajstić information content (AvgIpc) is 2.78. The lowest BCUT2D eigenvalue weighted by atomic mass is 10.1. The van der Waals surface area contributed by atoms with Crippen molar-refractivity contribution in [2.45, 2.75) is 19.4 Å². The van der Waals surface area contributed by atoms with E-state index in [-0.39, 0.29) is 0 Å². The molecule has 0 aliphatic carbocycles. The molecule has 1 aromatic rings. The van der Waals surface area contributed by atoms with Gasteiger partial charge in [0.2, 0.25) is 6.33 Å². The Kier molecular flexibility index (Phi) is 3.92. The van der Waals surface area contributed by atoms with Crippen molar-refractivity contribution in [3.8, 4) is 0 Å². The summed E-state index contributed by atoms with van der Waals surface area (Å²) in [5.41, 5.74) is -0.824. The molecule has 10 nitrogen and oxygen atoms in total. The fraction of sp³-hybridized carbons (Fsp3) is 0.500. The Labute approximate surface area is 102 Å². The molecule has 0 radical (unpaired) electrons. The van der Waals surface area contributed by atoms with Crippen molar-refractivity contribution in [1.82, 2.24) is 20.1 Å². The maximum Gasteiger partial charge on any atom is 0.490 e. The third-order valence-corrected chi connectivity index (χ3v) is 1.94. The van der Waals surface area contributed by atoms with Gasteiger partial charge < -0.3 is 15.4 Å². The Morgan fingerprint density at radius 1 is 1.72 bits per heavy atom. The molecular formula is C8H12N6O4. The minimum Gasteiger partial charge on any atom is -0.390 e. The minimum atomic E-state index is -0.824. The summed E-state index contributed by atoms with van der Waals surface area (Å²) in [5, 5.41) is 19.8. The van der Waals surface area contributed by atoms with E-state index in [9.17, 15) is 14.9 Å². The number of nitrogens with zero attached hydrogens (tertiary/aromatic N) is 5. The van der Waals surface area contributed by atoms with Gasteiger partial charge in [-0.1, -0.05) is 10.1 Å². The first kappa shape index (κ1) is 13.5. The van der Waals surface area contributed by atoms with Gasteiger partial charge in [-0.3, -0.25) is 4.84 Å². The van der Waals surface area contributed by atoms with Crippen LogP contribution in [0, 0.1) is 10.1 Å². The monoisotopic (exact) mass is 256 g/mol. The highest BCUT2D eigenvalue weighted by Crippen LogP contribution is 2.12. The number of oxime groups is 1. The lowest BCUT2D eigenvalue weighted by molar-refractivity contribution is -0.394. The second-order valence-corrected chi connectivity index (χ2v) is 3.76. The number of aromatic nitrogens is 3. The molecule has 1 amide bonds. The van der Waals surface area contributed by atoms with Crippen LogP contribution in [0.2, 0.25) is 0 Å². The normalized spacial score (nSPS) is 11.5. The van der Waals surface area contributed by atoms with Crippen molar-refractivity contribution in [2.24, 2.45) is 5.16 Å². The first-order valence-electron chi connectivity index (χ1n) is 4.86. The van der Waals surface area contributed by atoms with E-state index in [4.69, 9.17) is 0 Å². The van der Waals surface area contributed by atoms with Gasteiger partial charge in [0.05, 0.1) is 6.21 Å². The smallest absolute Gasteiger partial charge is 0.390 e. The SMILES string of the molecule is CNC(=O)ON=CC(C)(C)n1cnc([N+](=O)[O-])n1. The molecule has 1 aromatic heterocycles. The molecule has 0 aliphatic heterocycles. The summed E-state index contributed by atoms with van der Waals surface area (Å²) in [6, 6.07) is 0. The standard InChI is InChI=1S/C8H12N6O4/c1-8(2,4-11-18-7(15)9-3)13-5-10-6(12-13)14(16)17/h4-5H,1-3H3,(H,9,15). The molecule has 0 unspecified atom stereocenters. The molecule has 1 N–H and O–H groups in total. The molecular weight excluding hydrogens is 244 g/mol. The highest BCUT2D eigenvalue weighted by atomic mass is 16.7. The van der Waals surface area contributed by atoms with Gasteiger partial charge in [-0.25, -0.2) is 4.79 Å². The third-order valence-electron chi connectivity index (χ3n) is 1.94. The highest BCUT2D eigenvalue weighted by molar-refractivity contribution is 5.70. The zero-order chi connectivity index (χ0) is 13.8. The largest absolute Gasteiger partial charge is 0.490 e. The summed E-state index contributed by atoms with van der Waals surface area (Å²) in [6.45, 7) is 3.34. The maximum atomic E-state index is 10.8. The molecule has 0 saturated heterocycles. The summed E-state index contributed by atoms with van der Waals surface area (Å²) in [5.74, 6) is -0.510. The van der Waals surface area contributed by atoms with Crippen molar-refractivity contribution in [3.05, 3.63) is 16.4 Å². The fourth-order valence-electron chi connectivity index (χ4n) is 0.924. The van der Waals surface area contributed by atoms with E-state index in [0.29, 0.717) is 0 Å². The van der Waals surface area contributed by atoms with Crippen molar-refractivity contribution in [1.29, 1.82) is 0 Å². The predicted octanol–water partition coefficient (Wildman–Crippen LogP) is 0.263. The first-order chi connectivity index (χ1) is 8.36. The maximum absolute atomic E-state index is 10.8. The van der Waals surface area contributed by atoms with Gasteiger partial charge in [0.25, 0.3) is 0 Å². The van der Waals surface area contributed by atoms with Crippen LogP contribution in [0.1, 0.15) is 13.8 Å². The van der Waals surface area contributed by atoms with Crippen molar-refractivity contribution >= 4 is 18.3 Å². The number of carbonyl (C=O) groups is 1. The van der Waals surface area contributed by atoms with Gasteiger partial charge in [-0.2, -0.15) is 4.68 Å². The number of carbonyl (C=O) groups excluding carboxylic acids is 1. The Morgan fingerprint density at radius 2 is 2.39 bits per heavy atom. The predicted molar refractivity (Wildman–Crippen MR) is 60.0 cm³/mol. The van der Waals surface area contributed by atoms with Gasteiger partial charge in [0.15, 0.2) is 0 Å². The van der Waals surface area contributed by atoms with Crippen LogP contribution in [0.25, 0.3) is 0 Å².